The molecule has 1 aromatic carbocycles. The van der Waals surface area contributed by atoms with E-state index in [1.165, 1.54) is 43.7 Å². The minimum atomic E-state index is 0.951. The van der Waals surface area contributed by atoms with Crippen molar-refractivity contribution in [3.05, 3.63) is 24.3 Å². The zero-order valence-corrected chi connectivity index (χ0v) is 11.3. The minimum Gasteiger partial charge on any atom is -0.378 e. The van der Waals surface area contributed by atoms with E-state index in [0.29, 0.717) is 0 Å². The molecule has 94 valence electrons. The molecule has 1 heterocycles. The van der Waals surface area contributed by atoms with Crippen molar-refractivity contribution >= 4 is 11.4 Å². The quantitative estimate of drug-likeness (QED) is 0.788. The summed E-state index contributed by atoms with van der Waals surface area (Å²) < 4.78 is 0. The van der Waals surface area contributed by atoms with E-state index in [9.17, 15) is 0 Å². The Bertz CT molecular complexity index is 334. The maximum atomic E-state index is 2.52. The number of nitrogens with zero attached hydrogens (tertiary/aromatic N) is 2. The van der Waals surface area contributed by atoms with Gasteiger partial charge in [0.05, 0.1) is 0 Å². The van der Waals surface area contributed by atoms with Crippen molar-refractivity contribution < 1.29 is 0 Å². The van der Waals surface area contributed by atoms with E-state index < -0.39 is 0 Å². The Morgan fingerprint density at radius 2 is 1.71 bits per heavy atom. The molecule has 1 aromatic rings. The fourth-order valence-electron chi connectivity index (χ4n) is 2.56. The van der Waals surface area contributed by atoms with Crippen LogP contribution in [0.15, 0.2) is 24.3 Å². The predicted molar refractivity (Wildman–Crippen MR) is 76.0 cm³/mol. The smallest absolute Gasteiger partial charge is 0.0367 e. The monoisotopic (exact) mass is 232 g/mol. The average molecular weight is 232 g/mol. The molecule has 0 aliphatic carbocycles. The van der Waals surface area contributed by atoms with Gasteiger partial charge in [-0.2, -0.15) is 0 Å². The van der Waals surface area contributed by atoms with E-state index in [0.717, 1.165) is 5.92 Å². The molecule has 0 N–H and O–H groups in total. The zero-order chi connectivity index (χ0) is 12.3. The third-order valence-corrected chi connectivity index (χ3v) is 3.92. The van der Waals surface area contributed by atoms with Gasteiger partial charge in [0.15, 0.2) is 0 Å². The van der Waals surface area contributed by atoms with Gasteiger partial charge in [0, 0.05) is 38.6 Å². The second-order valence-corrected chi connectivity index (χ2v) is 5.25. The Balaban J connectivity index is 1.99. The van der Waals surface area contributed by atoms with E-state index in [-0.39, 0.29) is 0 Å². The highest BCUT2D eigenvalue weighted by Crippen LogP contribution is 2.26. The highest BCUT2D eigenvalue weighted by atomic mass is 15.1. The van der Waals surface area contributed by atoms with Gasteiger partial charge in [-0.05, 0) is 43.0 Å². The lowest BCUT2D eigenvalue weighted by atomic mass is 9.94. The Morgan fingerprint density at radius 1 is 1.12 bits per heavy atom. The Labute approximate surface area is 105 Å². The van der Waals surface area contributed by atoms with Crippen molar-refractivity contribution in [3.8, 4) is 0 Å². The maximum Gasteiger partial charge on any atom is 0.0367 e. The fourth-order valence-corrected chi connectivity index (χ4v) is 2.56. The number of hydrogen-bond acceptors (Lipinski definition) is 2. The lowest BCUT2D eigenvalue weighted by Gasteiger charge is -2.33. The molecule has 1 fully saturated rings. The van der Waals surface area contributed by atoms with Gasteiger partial charge in [-0.3, -0.25) is 0 Å². The molecule has 0 aromatic heterocycles. The van der Waals surface area contributed by atoms with Crippen molar-refractivity contribution in [2.75, 3.05) is 37.0 Å². The number of hydrogen-bond donors (Lipinski definition) is 0. The number of benzene rings is 1. The highest BCUT2D eigenvalue weighted by molar-refractivity contribution is 5.55. The highest BCUT2D eigenvalue weighted by Gasteiger charge is 2.17. The summed E-state index contributed by atoms with van der Waals surface area (Å²) in [5.74, 6) is 0.951. The molecule has 0 bridgehead atoms. The summed E-state index contributed by atoms with van der Waals surface area (Å²) in [6.45, 7) is 4.76. The Hall–Kier alpha value is -1.18. The topological polar surface area (TPSA) is 6.48 Å². The normalized spacial score (nSPS) is 17.2. The largest absolute Gasteiger partial charge is 0.378 e. The van der Waals surface area contributed by atoms with Gasteiger partial charge in [-0.1, -0.05) is 13.3 Å². The molecular formula is C15H24N2. The number of rotatable bonds is 3. The molecule has 2 nitrogen and oxygen atoms in total. The molecule has 17 heavy (non-hydrogen) atoms. The van der Waals surface area contributed by atoms with Crippen LogP contribution in [0.1, 0.15) is 26.2 Å². The third kappa shape index (κ3) is 2.93. The van der Waals surface area contributed by atoms with Crippen LogP contribution in [-0.2, 0) is 0 Å². The van der Waals surface area contributed by atoms with Crippen LogP contribution >= 0.6 is 0 Å². The first-order valence-corrected chi connectivity index (χ1v) is 6.73. The Morgan fingerprint density at radius 3 is 2.18 bits per heavy atom. The third-order valence-electron chi connectivity index (χ3n) is 3.92. The summed E-state index contributed by atoms with van der Waals surface area (Å²) in [5, 5.41) is 0. The Kier molecular flexibility index (Phi) is 3.93. The molecule has 1 aliphatic rings. The van der Waals surface area contributed by atoms with Crippen molar-refractivity contribution in [1.82, 2.24) is 0 Å². The summed E-state index contributed by atoms with van der Waals surface area (Å²) in [5.41, 5.74) is 2.65. The van der Waals surface area contributed by atoms with Gasteiger partial charge in [0.2, 0.25) is 0 Å². The van der Waals surface area contributed by atoms with Gasteiger partial charge in [-0.15, -0.1) is 0 Å². The average Bonchev–Trinajstić information content (AvgIpc) is 2.39. The maximum absolute atomic E-state index is 2.52. The first-order valence-electron chi connectivity index (χ1n) is 6.73. The standard InChI is InChI=1S/C15H24N2/c1-4-13-9-11-17(12-10-13)15-7-5-14(6-8-15)16(2)3/h5-8,13H,4,9-12H2,1-3H3. The molecule has 0 radical (unpaired) electrons. The molecule has 2 heteroatoms. The molecular weight excluding hydrogens is 208 g/mol. The van der Waals surface area contributed by atoms with Crippen molar-refractivity contribution in [3.63, 3.8) is 0 Å². The molecule has 1 aliphatic heterocycles. The van der Waals surface area contributed by atoms with Crippen LogP contribution in [0.25, 0.3) is 0 Å². The lowest BCUT2D eigenvalue weighted by Crippen LogP contribution is -2.33. The van der Waals surface area contributed by atoms with Crippen LogP contribution in [0.2, 0.25) is 0 Å². The van der Waals surface area contributed by atoms with Crippen molar-refractivity contribution in [1.29, 1.82) is 0 Å². The molecule has 0 saturated carbocycles. The van der Waals surface area contributed by atoms with Gasteiger partial charge in [0.25, 0.3) is 0 Å². The van der Waals surface area contributed by atoms with Crippen LogP contribution in [0.5, 0.6) is 0 Å². The molecule has 2 rings (SSSR count). The zero-order valence-electron chi connectivity index (χ0n) is 11.3. The van der Waals surface area contributed by atoms with E-state index in [4.69, 9.17) is 0 Å². The van der Waals surface area contributed by atoms with E-state index in [1.54, 1.807) is 0 Å². The summed E-state index contributed by atoms with van der Waals surface area (Å²) in [6.07, 6.45) is 4.05. The van der Waals surface area contributed by atoms with E-state index in [1.807, 2.05) is 0 Å². The van der Waals surface area contributed by atoms with Crippen LogP contribution in [0.3, 0.4) is 0 Å². The van der Waals surface area contributed by atoms with Gasteiger partial charge in [0.1, 0.15) is 0 Å². The van der Waals surface area contributed by atoms with Crippen LogP contribution < -0.4 is 9.80 Å². The first-order chi connectivity index (χ1) is 8.20. The molecule has 0 atom stereocenters. The molecule has 0 spiro atoms. The summed E-state index contributed by atoms with van der Waals surface area (Å²) in [4.78, 5) is 4.67. The van der Waals surface area contributed by atoms with E-state index >= 15 is 0 Å². The van der Waals surface area contributed by atoms with Gasteiger partial charge < -0.3 is 9.80 Å². The number of anilines is 2. The number of piperidine rings is 1. The molecule has 0 amide bonds. The second kappa shape index (κ2) is 5.44. The molecule has 1 saturated heterocycles. The fraction of sp³-hybridized carbons (Fsp3) is 0.600. The van der Waals surface area contributed by atoms with Crippen LogP contribution in [0.4, 0.5) is 11.4 Å². The molecule has 0 unspecified atom stereocenters. The summed E-state index contributed by atoms with van der Waals surface area (Å²) in [7, 11) is 4.17. The first kappa shape index (κ1) is 12.3. The van der Waals surface area contributed by atoms with Crippen molar-refractivity contribution in [2.24, 2.45) is 5.92 Å². The summed E-state index contributed by atoms with van der Waals surface area (Å²) in [6, 6.07) is 8.92. The van der Waals surface area contributed by atoms with Crippen molar-refractivity contribution in [2.45, 2.75) is 26.2 Å². The van der Waals surface area contributed by atoms with Gasteiger partial charge >= 0.3 is 0 Å². The van der Waals surface area contributed by atoms with E-state index in [2.05, 4.69) is 55.1 Å². The second-order valence-electron chi connectivity index (χ2n) is 5.25. The predicted octanol–water partition coefficient (Wildman–Crippen LogP) is 3.38. The van der Waals surface area contributed by atoms with Crippen LogP contribution in [0, 0.1) is 5.92 Å². The summed E-state index contributed by atoms with van der Waals surface area (Å²) >= 11 is 0. The van der Waals surface area contributed by atoms with Gasteiger partial charge in [-0.25, -0.2) is 0 Å². The lowest BCUT2D eigenvalue weighted by molar-refractivity contribution is 0.395. The SMILES string of the molecule is CCC1CCN(c2ccc(N(C)C)cc2)CC1. The minimum absolute atomic E-state index is 0.951. The van der Waals surface area contributed by atoms with Crippen LogP contribution in [-0.4, -0.2) is 27.2 Å².